The first-order valence-electron chi connectivity index (χ1n) is 13.0. The largest absolute Gasteiger partial charge is 0.447 e. The van der Waals surface area contributed by atoms with E-state index in [9.17, 15) is 18.0 Å². The van der Waals surface area contributed by atoms with Gasteiger partial charge in [-0.15, -0.1) is 11.3 Å². The van der Waals surface area contributed by atoms with Gasteiger partial charge in [0.2, 0.25) is 15.9 Å². The molecule has 0 bridgehead atoms. The molecule has 1 aliphatic carbocycles. The second kappa shape index (κ2) is 11.9. The van der Waals surface area contributed by atoms with Crippen LogP contribution in [-0.2, 0) is 26.0 Å². The number of ether oxygens (including phenoxy) is 1. The molecule has 2 amide bonds. The van der Waals surface area contributed by atoms with Crippen molar-refractivity contribution < 1.29 is 22.7 Å². The van der Waals surface area contributed by atoms with E-state index in [0.29, 0.717) is 11.1 Å². The first-order valence-corrected chi connectivity index (χ1v) is 15.3. The maximum atomic E-state index is 13.1. The van der Waals surface area contributed by atoms with Crippen molar-refractivity contribution in [2.24, 2.45) is 0 Å². The number of carbonyl (C=O) groups is 2. The number of hydrogen-bond donors (Lipinski definition) is 2. The Morgan fingerprint density at radius 2 is 1.92 bits per heavy atom. The van der Waals surface area contributed by atoms with E-state index in [-0.39, 0.29) is 47.9 Å². The fourth-order valence-electron chi connectivity index (χ4n) is 4.72. The first kappa shape index (κ1) is 27.5. The summed E-state index contributed by atoms with van der Waals surface area (Å²) in [5, 5.41) is 3.92. The molecular weight excluding hydrogens is 512 g/mol. The van der Waals surface area contributed by atoms with E-state index in [2.05, 4.69) is 15.0 Å². The van der Waals surface area contributed by atoms with Gasteiger partial charge in [0.25, 0.3) is 0 Å². The minimum absolute atomic E-state index is 0.0217. The van der Waals surface area contributed by atoms with Gasteiger partial charge in [-0.2, -0.15) is 0 Å². The van der Waals surface area contributed by atoms with Crippen LogP contribution in [0.4, 0.5) is 4.79 Å². The Morgan fingerprint density at radius 1 is 1.19 bits per heavy atom. The van der Waals surface area contributed by atoms with Crippen LogP contribution in [-0.4, -0.2) is 62.1 Å². The number of likely N-dealkylation sites (tertiary alicyclic amines) is 1. The number of aromatic nitrogens is 1. The Bertz CT molecular complexity index is 1220. The van der Waals surface area contributed by atoms with E-state index in [4.69, 9.17) is 4.74 Å². The predicted molar refractivity (Wildman–Crippen MR) is 143 cm³/mol. The van der Waals surface area contributed by atoms with Crippen LogP contribution in [0.15, 0.2) is 29.3 Å². The molecule has 2 N–H and O–H groups in total. The molecule has 4 rings (SSSR count). The van der Waals surface area contributed by atoms with E-state index in [1.807, 2.05) is 19.9 Å². The Morgan fingerprint density at radius 3 is 2.54 bits per heavy atom. The second-order valence-corrected chi connectivity index (χ2v) is 12.8. The zero-order valence-electron chi connectivity index (χ0n) is 21.7. The number of hydrogen-bond acceptors (Lipinski definition) is 7. The number of nitrogens with one attached hydrogen (secondary N) is 2. The molecule has 9 nitrogen and oxygen atoms in total. The molecule has 2 aliphatic rings. The third kappa shape index (κ3) is 6.88. The van der Waals surface area contributed by atoms with Crippen LogP contribution >= 0.6 is 11.3 Å². The molecule has 0 atom stereocenters. The van der Waals surface area contributed by atoms with Crippen molar-refractivity contribution >= 4 is 33.4 Å². The molecule has 0 unspecified atom stereocenters. The fraction of sp³-hybridized carbons (Fsp3) is 0.577. The van der Waals surface area contributed by atoms with Crippen LogP contribution in [0.25, 0.3) is 10.4 Å². The SMILES string of the molecule is CCNS(=O)(=O)c1cc(CC(=O)N2CCC2)ccc1-c1cnc(C2CCC(NC(=O)OC(C)C)CC2)s1. The summed E-state index contributed by atoms with van der Waals surface area (Å²) in [5.74, 6) is 0.286. The van der Waals surface area contributed by atoms with Crippen molar-refractivity contribution in [3.63, 3.8) is 0 Å². The lowest BCUT2D eigenvalue weighted by Crippen LogP contribution is -2.42. The number of rotatable bonds is 9. The number of sulfonamides is 1. The number of carbonyl (C=O) groups excluding carboxylic acids is 2. The van der Waals surface area contributed by atoms with E-state index in [1.165, 1.54) is 11.3 Å². The lowest BCUT2D eigenvalue weighted by Gasteiger charge is -2.31. The molecule has 11 heteroatoms. The minimum atomic E-state index is -3.75. The standard InChI is InChI=1S/C26H36N4O5S2/c1-4-28-37(33,34)23-14-18(15-24(31)30-12-5-13-30)6-11-21(23)22-16-27-25(36-22)19-7-9-20(10-8-19)29-26(32)35-17(2)3/h6,11,14,16-17,19-20,28H,4-5,7-10,12-13,15H2,1-3H3,(H,29,32). The van der Waals surface area contributed by atoms with Crippen molar-refractivity contribution in [2.45, 2.75) is 82.3 Å². The summed E-state index contributed by atoms with van der Waals surface area (Å²) in [4.78, 5) is 31.8. The van der Waals surface area contributed by atoms with Gasteiger partial charge in [0.15, 0.2) is 0 Å². The summed E-state index contributed by atoms with van der Waals surface area (Å²) in [6.45, 7) is 7.20. The molecule has 2 aromatic rings. The van der Waals surface area contributed by atoms with Gasteiger partial charge in [0.1, 0.15) is 0 Å². The third-order valence-corrected chi connectivity index (χ3v) is 9.54. The summed E-state index contributed by atoms with van der Waals surface area (Å²) < 4.78 is 34.0. The molecule has 0 spiro atoms. The molecule has 1 aromatic carbocycles. The highest BCUT2D eigenvalue weighted by Crippen LogP contribution is 2.39. The van der Waals surface area contributed by atoms with Gasteiger partial charge in [-0.3, -0.25) is 4.79 Å². The Hall–Kier alpha value is -2.50. The number of nitrogens with zero attached hydrogens (tertiary/aromatic N) is 2. The molecule has 2 fully saturated rings. The minimum Gasteiger partial charge on any atom is -0.447 e. The zero-order valence-corrected chi connectivity index (χ0v) is 23.3. The van der Waals surface area contributed by atoms with Gasteiger partial charge >= 0.3 is 6.09 Å². The van der Waals surface area contributed by atoms with Gasteiger partial charge < -0.3 is 15.0 Å². The highest BCUT2D eigenvalue weighted by atomic mass is 32.2. The average molecular weight is 549 g/mol. The van der Waals surface area contributed by atoms with Gasteiger partial charge in [0, 0.05) is 43.4 Å². The van der Waals surface area contributed by atoms with Crippen LogP contribution in [0.3, 0.4) is 0 Å². The van der Waals surface area contributed by atoms with Crippen molar-refractivity contribution in [1.29, 1.82) is 0 Å². The highest BCUT2D eigenvalue weighted by molar-refractivity contribution is 7.89. The zero-order chi connectivity index (χ0) is 26.6. The van der Waals surface area contributed by atoms with Crippen molar-refractivity contribution in [2.75, 3.05) is 19.6 Å². The van der Waals surface area contributed by atoms with Gasteiger partial charge in [-0.1, -0.05) is 19.1 Å². The highest BCUT2D eigenvalue weighted by Gasteiger charge is 2.28. The summed E-state index contributed by atoms with van der Waals surface area (Å²) in [5.41, 5.74) is 1.28. The van der Waals surface area contributed by atoms with Crippen molar-refractivity contribution in [3.05, 3.63) is 35.0 Å². The lowest BCUT2D eigenvalue weighted by molar-refractivity contribution is -0.133. The summed E-state index contributed by atoms with van der Waals surface area (Å²) >= 11 is 1.51. The number of amides is 2. The molecule has 1 aromatic heterocycles. The molecule has 1 saturated carbocycles. The molecule has 0 radical (unpaired) electrons. The molecule has 1 aliphatic heterocycles. The molecule has 2 heterocycles. The van der Waals surface area contributed by atoms with Crippen molar-refractivity contribution in [3.8, 4) is 10.4 Å². The molecule has 37 heavy (non-hydrogen) atoms. The summed E-state index contributed by atoms with van der Waals surface area (Å²) in [7, 11) is -3.75. The van der Waals surface area contributed by atoms with Crippen LogP contribution in [0.2, 0.25) is 0 Å². The molecule has 1 saturated heterocycles. The van der Waals surface area contributed by atoms with Crippen LogP contribution in [0, 0.1) is 0 Å². The van der Waals surface area contributed by atoms with Gasteiger partial charge in [-0.05, 0) is 57.6 Å². The molecular formula is C26H36N4O5S2. The van der Waals surface area contributed by atoms with E-state index in [1.54, 1.807) is 30.2 Å². The number of thiazole rings is 1. The Labute approximate surface area is 223 Å². The number of benzene rings is 1. The van der Waals surface area contributed by atoms with Gasteiger partial charge in [-0.25, -0.2) is 22.9 Å². The lowest BCUT2D eigenvalue weighted by atomic mass is 9.86. The van der Waals surface area contributed by atoms with Gasteiger partial charge in [0.05, 0.1) is 27.3 Å². The number of alkyl carbamates (subject to hydrolysis) is 1. The predicted octanol–water partition coefficient (Wildman–Crippen LogP) is 4.04. The average Bonchev–Trinajstić information content (AvgIpc) is 3.28. The first-order chi connectivity index (χ1) is 17.7. The smallest absolute Gasteiger partial charge is 0.407 e. The second-order valence-electron chi connectivity index (χ2n) is 9.95. The Kier molecular flexibility index (Phi) is 8.86. The van der Waals surface area contributed by atoms with Crippen LogP contribution < -0.4 is 10.0 Å². The normalized spacial score (nSPS) is 19.9. The fourth-order valence-corrected chi connectivity index (χ4v) is 7.22. The topological polar surface area (TPSA) is 118 Å². The van der Waals surface area contributed by atoms with Crippen LogP contribution in [0.5, 0.6) is 0 Å². The van der Waals surface area contributed by atoms with Crippen LogP contribution in [0.1, 0.15) is 69.4 Å². The van der Waals surface area contributed by atoms with Crippen molar-refractivity contribution in [1.82, 2.24) is 19.9 Å². The Balaban J connectivity index is 1.49. The molecule has 202 valence electrons. The third-order valence-electron chi connectivity index (χ3n) is 6.76. The maximum absolute atomic E-state index is 13.1. The summed E-state index contributed by atoms with van der Waals surface area (Å²) in [6.07, 6.45) is 5.88. The summed E-state index contributed by atoms with van der Waals surface area (Å²) in [6, 6.07) is 5.34. The van der Waals surface area contributed by atoms with E-state index < -0.39 is 10.0 Å². The van der Waals surface area contributed by atoms with E-state index >= 15 is 0 Å². The quantitative estimate of drug-likeness (QED) is 0.488. The monoisotopic (exact) mass is 548 g/mol. The van der Waals surface area contributed by atoms with E-state index in [0.717, 1.165) is 55.1 Å². The maximum Gasteiger partial charge on any atom is 0.407 e.